The van der Waals surface area contributed by atoms with Crippen molar-refractivity contribution in [2.45, 2.75) is 37.8 Å². The first-order chi connectivity index (χ1) is 18.4. The minimum absolute atomic E-state index is 0.0116. The van der Waals surface area contributed by atoms with Gasteiger partial charge in [-0.1, -0.05) is 6.92 Å². The molecule has 11 N–H and O–H groups in total. The molecule has 1 aromatic rings. The van der Waals surface area contributed by atoms with Crippen LogP contribution in [0.5, 0.6) is 5.75 Å². The largest absolute Gasteiger partial charge is 0.508 e. The monoisotopic (exact) mass is 584 g/mol. The fourth-order valence-electron chi connectivity index (χ4n) is 5.75. The summed E-state index contributed by atoms with van der Waals surface area (Å²) in [4.78, 5) is 40.3. The van der Waals surface area contributed by atoms with E-state index < -0.39 is 74.2 Å². The van der Waals surface area contributed by atoms with Crippen molar-refractivity contribution in [3.63, 3.8) is 0 Å². The fraction of sp³-hybridized carbons (Fsp3) is 0.458. The van der Waals surface area contributed by atoms with E-state index in [0.29, 0.717) is 17.8 Å². The molecule has 1 aromatic carbocycles. The minimum Gasteiger partial charge on any atom is -0.508 e. The fourth-order valence-corrected chi connectivity index (χ4v) is 5.75. The third-order valence-corrected chi connectivity index (χ3v) is 7.32. The van der Waals surface area contributed by atoms with Crippen LogP contribution in [0.3, 0.4) is 0 Å². The Morgan fingerprint density at radius 1 is 1.20 bits per heavy atom. The molecule has 0 saturated heterocycles. The maximum Gasteiger partial charge on any atom is 0.394 e. The maximum atomic E-state index is 13.8. The van der Waals surface area contributed by atoms with Gasteiger partial charge in [-0.25, -0.2) is 0 Å². The summed E-state index contributed by atoms with van der Waals surface area (Å²) >= 11 is 0. The van der Waals surface area contributed by atoms with E-state index in [2.05, 4.69) is 5.32 Å². The topological polar surface area (TPSA) is 274 Å². The number of aromatic hydroxyl groups is 1. The molecule has 0 spiro atoms. The second-order valence-electron chi connectivity index (χ2n) is 10.1. The molecule has 1 amide bonds. The highest BCUT2D eigenvalue weighted by Crippen LogP contribution is 2.54. The summed E-state index contributed by atoms with van der Waals surface area (Å²) < 4.78 is 31.6. The Balaban J connectivity index is 0.000000810. The molecule has 3 aliphatic carbocycles. The average Bonchev–Trinajstić information content (AvgIpc) is 2.81. The van der Waals surface area contributed by atoms with Crippen molar-refractivity contribution in [2.24, 2.45) is 17.6 Å². The van der Waals surface area contributed by atoms with Crippen LogP contribution in [0.2, 0.25) is 0 Å². The highest BCUT2D eigenvalue weighted by atomic mass is 32.3. The summed E-state index contributed by atoms with van der Waals surface area (Å²) in [7, 11) is -1.55. The van der Waals surface area contributed by atoms with Gasteiger partial charge in [0.2, 0.25) is 5.78 Å². The van der Waals surface area contributed by atoms with E-state index in [4.69, 9.17) is 29.0 Å². The average molecular weight is 585 g/mol. The van der Waals surface area contributed by atoms with Crippen LogP contribution in [-0.4, -0.2) is 92.6 Å². The number of primary amides is 1. The zero-order valence-electron chi connectivity index (χ0n) is 21.9. The number of nitrogens with zero attached hydrogens (tertiary/aromatic N) is 1. The van der Waals surface area contributed by atoms with Crippen molar-refractivity contribution in [1.82, 2.24) is 4.90 Å². The number of anilines is 2. The number of aliphatic hydroxyl groups excluding tert-OH is 2. The quantitative estimate of drug-likeness (QED) is 0.0707. The normalized spacial score (nSPS) is 26.0. The smallest absolute Gasteiger partial charge is 0.394 e. The number of Topliss-reactive ketones (excluding diaryl/α,β-unsaturated/α-hetero) is 2. The molecule has 40 heavy (non-hydrogen) atoms. The molecule has 2 unspecified atom stereocenters. The highest BCUT2D eigenvalue weighted by molar-refractivity contribution is 7.79. The molecule has 220 valence electrons. The van der Waals surface area contributed by atoms with Gasteiger partial charge in [-0.15, -0.1) is 0 Å². The van der Waals surface area contributed by atoms with Crippen LogP contribution in [0.25, 0.3) is 5.76 Å². The first-order valence-corrected chi connectivity index (χ1v) is 13.5. The third kappa shape index (κ3) is 5.11. The lowest BCUT2D eigenvalue weighted by molar-refractivity contribution is -0.153. The van der Waals surface area contributed by atoms with E-state index in [9.17, 15) is 34.8 Å². The van der Waals surface area contributed by atoms with Gasteiger partial charge in [-0.3, -0.25) is 28.4 Å². The van der Waals surface area contributed by atoms with Gasteiger partial charge in [0.1, 0.15) is 22.8 Å². The molecule has 0 radical (unpaired) electrons. The van der Waals surface area contributed by atoms with E-state index >= 15 is 0 Å². The van der Waals surface area contributed by atoms with Crippen LogP contribution in [0.4, 0.5) is 11.4 Å². The molecule has 15 nitrogen and oxygen atoms in total. The van der Waals surface area contributed by atoms with Crippen molar-refractivity contribution in [2.75, 3.05) is 31.7 Å². The van der Waals surface area contributed by atoms with Gasteiger partial charge in [0.25, 0.3) is 5.91 Å². The number of hydrogen-bond donors (Lipinski definition) is 9. The number of amides is 1. The Bertz CT molecular complexity index is 1440. The van der Waals surface area contributed by atoms with Crippen molar-refractivity contribution < 1.29 is 52.3 Å². The summed E-state index contributed by atoms with van der Waals surface area (Å²) in [5.41, 5.74) is 8.67. The number of phenolic OH excluding ortho intramolecular Hbond substituents is 1. The van der Waals surface area contributed by atoms with Crippen LogP contribution >= 0.6 is 0 Å². The van der Waals surface area contributed by atoms with Crippen molar-refractivity contribution in [3.05, 3.63) is 34.1 Å². The zero-order valence-corrected chi connectivity index (χ0v) is 22.7. The van der Waals surface area contributed by atoms with Gasteiger partial charge in [0, 0.05) is 23.7 Å². The van der Waals surface area contributed by atoms with Crippen molar-refractivity contribution in [3.8, 4) is 5.75 Å². The number of rotatable bonds is 5. The number of carbonyl (C=O) groups excluding carboxylic acids is 3. The Labute approximate surface area is 229 Å². The number of nitrogens with one attached hydrogen (secondary N) is 1. The number of phenols is 1. The van der Waals surface area contributed by atoms with Crippen molar-refractivity contribution in [1.29, 1.82) is 0 Å². The second-order valence-corrected chi connectivity index (χ2v) is 10.9. The number of fused-ring (bicyclic) bond motifs is 3. The number of nitrogens with two attached hydrogens (primary N) is 2. The second kappa shape index (κ2) is 10.7. The lowest BCUT2D eigenvalue weighted by Crippen LogP contribution is -2.65. The first-order valence-electron chi connectivity index (χ1n) is 12.1. The highest BCUT2D eigenvalue weighted by Gasteiger charge is 2.64. The standard InChI is InChI=1S/C24H30N4O7.H2O4S/c1-4-5-27-13-8-12(25)18(29)15-10(13)6-9-7-11-17(28(2)3)20(31)16(23(26)34)22(33)24(11,35)21(32)14(9)19(15)30;1-5(2,3)4/h8-9,11,17,27,29-30,33,35H,4-7,25H2,1-3H3,(H2,26,34);(H2,1,2,3,4)/t9?,11?,17-,24-;/m0./s1. The number of likely N-dealkylation sites (N-methyl/N-ethyl adjacent to an activating group) is 1. The molecule has 1 fully saturated rings. The molecular formula is C24H32N4O11S. The summed E-state index contributed by atoms with van der Waals surface area (Å²) in [5.74, 6) is -6.95. The third-order valence-electron chi connectivity index (χ3n) is 7.32. The number of aliphatic hydroxyl groups is 3. The number of nitrogen functional groups attached to an aromatic ring is 1. The van der Waals surface area contributed by atoms with Gasteiger partial charge < -0.3 is 37.2 Å². The molecule has 4 atom stereocenters. The van der Waals surface area contributed by atoms with E-state index in [1.807, 2.05) is 6.92 Å². The number of benzene rings is 1. The summed E-state index contributed by atoms with van der Waals surface area (Å²) in [6.07, 6.45) is 1.04. The maximum absolute atomic E-state index is 13.8. The summed E-state index contributed by atoms with van der Waals surface area (Å²) in [6, 6.07) is 0.439. The van der Waals surface area contributed by atoms with Crippen LogP contribution < -0.4 is 16.8 Å². The molecule has 0 heterocycles. The summed E-state index contributed by atoms with van der Waals surface area (Å²) in [6.45, 7) is 2.58. The zero-order chi connectivity index (χ0) is 30.5. The van der Waals surface area contributed by atoms with Crippen LogP contribution in [0.15, 0.2) is 23.0 Å². The number of ketones is 2. The SMILES string of the molecule is CCCNc1cc(N)c(O)c2c1CC1CC3[C@H](N(C)C)C(=O)C(C(N)=O)=C(O)[C@@]3(O)C(=O)C1=C2O.O=S(=O)(O)O. The van der Waals surface area contributed by atoms with E-state index in [0.717, 1.165) is 6.42 Å². The van der Waals surface area contributed by atoms with Gasteiger partial charge in [0.05, 0.1) is 17.3 Å². The minimum atomic E-state index is -4.67. The number of carbonyl (C=O) groups is 3. The van der Waals surface area contributed by atoms with Crippen LogP contribution in [-0.2, 0) is 31.2 Å². The number of hydrogen-bond acceptors (Lipinski definition) is 12. The molecule has 16 heteroatoms. The van der Waals surface area contributed by atoms with Crippen molar-refractivity contribution >= 4 is 45.0 Å². The molecule has 3 aliphatic rings. The molecule has 0 aliphatic heterocycles. The van der Waals surface area contributed by atoms with Crippen LogP contribution in [0.1, 0.15) is 30.9 Å². The Morgan fingerprint density at radius 2 is 1.77 bits per heavy atom. The molecule has 4 rings (SSSR count). The van der Waals surface area contributed by atoms with Crippen LogP contribution in [0, 0.1) is 11.8 Å². The molecule has 0 bridgehead atoms. The lowest BCUT2D eigenvalue weighted by atomic mass is 9.57. The van der Waals surface area contributed by atoms with Gasteiger partial charge in [-0.05, 0) is 50.9 Å². The molecule has 0 aromatic heterocycles. The summed E-state index contributed by atoms with van der Waals surface area (Å²) in [5, 5.41) is 47.5. The Kier molecular flexibility index (Phi) is 8.25. The first kappa shape index (κ1) is 30.8. The predicted molar refractivity (Wildman–Crippen MR) is 142 cm³/mol. The van der Waals surface area contributed by atoms with Gasteiger partial charge in [0.15, 0.2) is 11.4 Å². The van der Waals surface area contributed by atoms with E-state index in [1.165, 1.54) is 4.90 Å². The van der Waals surface area contributed by atoms with E-state index in [1.54, 1.807) is 20.2 Å². The Hall–Kier alpha value is -3.70. The van der Waals surface area contributed by atoms with Gasteiger partial charge in [-0.2, -0.15) is 8.42 Å². The molecular weight excluding hydrogens is 552 g/mol. The predicted octanol–water partition coefficient (Wildman–Crippen LogP) is -0.285. The molecule has 1 saturated carbocycles. The lowest BCUT2D eigenvalue weighted by Gasteiger charge is -2.50. The van der Waals surface area contributed by atoms with Gasteiger partial charge >= 0.3 is 10.4 Å². The van der Waals surface area contributed by atoms with E-state index in [-0.39, 0.29) is 29.7 Å². The Morgan fingerprint density at radius 3 is 2.27 bits per heavy atom.